The molecule has 2 heterocycles. The summed E-state index contributed by atoms with van der Waals surface area (Å²) in [5.41, 5.74) is 0.184. The van der Waals surface area contributed by atoms with Gasteiger partial charge in [-0.3, -0.25) is 4.79 Å². The standard InChI is InChI=1S/C12H13N3O2/c16-11-10(5-4-6-13-11)12(17)14-9-15-7-2-1-3-8-15/h1-7H,8-9H2,(H,13,16)(H,14,17). The van der Waals surface area contributed by atoms with Crippen molar-refractivity contribution in [1.82, 2.24) is 15.2 Å². The Kier molecular flexibility index (Phi) is 3.40. The lowest BCUT2D eigenvalue weighted by Crippen LogP contribution is -2.35. The average Bonchev–Trinajstić information content (AvgIpc) is 2.38. The number of rotatable bonds is 3. The van der Waals surface area contributed by atoms with E-state index in [-0.39, 0.29) is 17.4 Å². The molecule has 0 atom stereocenters. The molecular weight excluding hydrogens is 218 g/mol. The minimum Gasteiger partial charge on any atom is -0.493 e. The first-order valence-electron chi connectivity index (χ1n) is 5.27. The maximum Gasteiger partial charge on any atom is 0.258 e. The zero-order valence-corrected chi connectivity index (χ0v) is 9.21. The van der Waals surface area contributed by atoms with Crippen molar-refractivity contribution in [1.29, 1.82) is 0 Å². The summed E-state index contributed by atoms with van der Waals surface area (Å²) >= 11 is 0. The lowest BCUT2D eigenvalue weighted by Gasteiger charge is -2.20. The summed E-state index contributed by atoms with van der Waals surface area (Å²) in [5.74, 6) is -0.586. The van der Waals surface area contributed by atoms with Crippen LogP contribution in [0, 0.1) is 0 Å². The van der Waals surface area contributed by atoms with Crippen LogP contribution >= 0.6 is 0 Å². The summed E-state index contributed by atoms with van der Waals surface area (Å²) < 4.78 is 0. The van der Waals surface area contributed by atoms with Gasteiger partial charge in [-0.15, -0.1) is 0 Å². The van der Waals surface area contributed by atoms with Gasteiger partial charge in [-0.25, -0.2) is 4.98 Å². The minimum absolute atomic E-state index is 0.184. The summed E-state index contributed by atoms with van der Waals surface area (Å²) in [6.45, 7) is 1.16. The van der Waals surface area contributed by atoms with Crippen molar-refractivity contribution in [2.24, 2.45) is 0 Å². The van der Waals surface area contributed by atoms with Crippen molar-refractivity contribution in [2.45, 2.75) is 0 Å². The highest BCUT2D eigenvalue weighted by Gasteiger charge is 2.11. The second kappa shape index (κ2) is 5.16. The van der Waals surface area contributed by atoms with Crippen LogP contribution in [-0.4, -0.2) is 34.1 Å². The molecule has 1 aliphatic rings. The molecule has 0 aliphatic carbocycles. The number of aromatic hydroxyl groups is 1. The number of carbonyl (C=O) groups excluding carboxylic acids is 1. The summed E-state index contributed by atoms with van der Waals surface area (Å²) in [4.78, 5) is 17.3. The van der Waals surface area contributed by atoms with Crippen LogP contribution in [0.3, 0.4) is 0 Å². The molecule has 1 amide bonds. The van der Waals surface area contributed by atoms with E-state index in [9.17, 15) is 9.90 Å². The molecule has 1 aliphatic heterocycles. The molecule has 0 bridgehead atoms. The molecule has 0 saturated carbocycles. The summed E-state index contributed by atoms with van der Waals surface area (Å²) in [5, 5.41) is 12.1. The van der Waals surface area contributed by atoms with Gasteiger partial charge in [0.2, 0.25) is 5.88 Å². The van der Waals surface area contributed by atoms with E-state index < -0.39 is 0 Å². The number of carbonyl (C=O) groups is 1. The second-order valence-corrected chi connectivity index (χ2v) is 3.58. The molecule has 1 aromatic rings. The molecule has 0 aromatic carbocycles. The largest absolute Gasteiger partial charge is 0.493 e. The lowest BCUT2D eigenvalue weighted by atomic mass is 10.2. The Hall–Kier alpha value is -2.30. The number of aromatic nitrogens is 1. The van der Waals surface area contributed by atoms with Crippen LogP contribution in [-0.2, 0) is 0 Å². The van der Waals surface area contributed by atoms with Crippen LogP contribution < -0.4 is 5.32 Å². The Morgan fingerprint density at radius 2 is 2.41 bits per heavy atom. The third kappa shape index (κ3) is 2.84. The molecule has 5 heteroatoms. The lowest BCUT2D eigenvalue weighted by molar-refractivity contribution is 0.0933. The fourth-order valence-electron chi connectivity index (χ4n) is 1.47. The van der Waals surface area contributed by atoms with Gasteiger partial charge >= 0.3 is 0 Å². The third-order valence-corrected chi connectivity index (χ3v) is 2.36. The number of pyridine rings is 1. The van der Waals surface area contributed by atoms with Crippen LogP contribution in [0.1, 0.15) is 10.4 Å². The van der Waals surface area contributed by atoms with Gasteiger partial charge in [0.1, 0.15) is 5.56 Å². The van der Waals surface area contributed by atoms with Crippen LogP contribution in [0.25, 0.3) is 0 Å². The molecule has 0 spiro atoms. The molecule has 0 saturated heterocycles. The molecule has 2 rings (SSSR count). The molecule has 0 unspecified atom stereocenters. The molecule has 0 radical (unpaired) electrons. The highest BCUT2D eigenvalue weighted by molar-refractivity contribution is 5.96. The molecule has 17 heavy (non-hydrogen) atoms. The number of hydrogen-bond acceptors (Lipinski definition) is 4. The van der Waals surface area contributed by atoms with E-state index in [2.05, 4.69) is 10.3 Å². The zero-order chi connectivity index (χ0) is 12.1. The van der Waals surface area contributed by atoms with Crippen molar-refractivity contribution in [3.63, 3.8) is 0 Å². The molecular formula is C12H13N3O2. The number of hydrogen-bond donors (Lipinski definition) is 2. The Morgan fingerprint density at radius 1 is 1.53 bits per heavy atom. The second-order valence-electron chi connectivity index (χ2n) is 3.58. The van der Waals surface area contributed by atoms with Gasteiger partial charge in [0.25, 0.3) is 5.91 Å². The normalized spacial score (nSPS) is 13.8. The van der Waals surface area contributed by atoms with Gasteiger partial charge in [-0.05, 0) is 18.2 Å². The van der Waals surface area contributed by atoms with Crippen LogP contribution in [0.2, 0.25) is 0 Å². The quantitative estimate of drug-likeness (QED) is 0.809. The Balaban J connectivity index is 1.92. The van der Waals surface area contributed by atoms with Crippen molar-refractivity contribution >= 4 is 5.91 Å². The van der Waals surface area contributed by atoms with Crippen molar-refractivity contribution in [3.05, 3.63) is 48.3 Å². The van der Waals surface area contributed by atoms with Crippen molar-refractivity contribution in [3.8, 4) is 5.88 Å². The summed E-state index contributed by atoms with van der Waals surface area (Å²) in [7, 11) is 0. The zero-order valence-electron chi connectivity index (χ0n) is 9.21. The van der Waals surface area contributed by atoms with Crippen LogP contribution in [0.5, 0.6) is 5.88 Å². The number of nitrogens with one attached hydrogen (secondary N) is 1. The Bertz CT molecular complexity index is 469. The van der Waals surface area contributed by atoms with E-state index >= 15 is 0 Å². The summed E-state index contributed by atoms with van der Waals surface area (Å²) in [6, 6.07) is 3.14. The van der Waals surface area contributed by atoms with Gasteiger partial charge in [-0.2, -0.15) is 0 Å². The van der Waals surface area contributed by atoms with Crippen molar-refractivity contribution in [2.75, 3.05) is 13.2 Å². The van der Waals surface area contributed by atoms with Gasteiger partial charge in [-0.1, -0.05) is 12.2 Å². The maximum absolute atomic E-state index is 11.7. The SMILES string of the molecule is O=C(NCN1C=CC=CC1)c1cccnc1O. The number of allylic oxidation sites excluding steroid dienone is 2. The first kappa shape index (κ1) is 11.2. The van der Waals surface area contributed by atoms with Gasteiger partial charge < -0.3 is 15.3 Å². The van der Waals surface area contributed by atoms with E-state index in [1.54, 1.807) is 6.07 Å². The van der Waals surface area contributed by atoms with E-state index in [4.69, 9.17) is 0 Å². The third-order valence-electron chi connectivity index (χ3n) is 2.36. The monoisotopic (exact) mass is 231 g/mol. The van der Waals surface area contributed by atoms with Gasteiger partial charge in [0, 0.05) is 18.9 Å². The predicted molar refractivity (Wildman–Crippen MR) is 63.2 cm³/mol. The van der Waals surface area contributed by atoms with Crippen LogP contribution in [0.15, 0.2) is 42.8 Å². The topological polar surface area (TPSA) is 65.5 Å². The number of amides is 1. The van der Waals surface area contributed by atoms with E-state index in [1.165, 1.54) is 12.3 Å². The minimum atomic E-state index is -0.335. The van der Waals surface area contributed by atoms with E-state index in [1.807, 2.05) is 29.3 Å². The van der Waals surface area contributed by atoms with Crippen LogP contribution in [0.4, 0.5) is 0 Å². The first-order valence-corrected chi connectivity index (χ1v) is 5.27. The molecule has 1 aromatic heterocycles. The Labute approximate surface area is 99.1 Å². The average molecular weight is 231 g/mol. The smallest absolute Gasteiger partial charge is 0.258 e. The predicted octanol–water partition coefficient (Wildman–Crippen LogP) is 0.860. The van der Waals surface area contributed by atoms with Gasteiger partial charge in [0.15, 0.2) is 0 Å². The maximum atomic E-state index is 11.7. The van der Waals surface area contributed by atoms with Crippen molar-refractivity contribution < 1.29 is 9.90 Å². The fourth-order valence-corrected chi connectivity index (χ4v) is 1.47. The summed E-state index contributed by atoms with van der Waals surface area (Å²) in [6.07, 6.45) is 9.17. The van der Waals surface area contributed by atoms with Gasteiger partial charge in [0.05, 0.1) is 6.67 Å². The first-order chi connectivity index (χ1) is 8.27. The highest BCUT2D eigenvalue weighted by Crippen LogP contribution is 2.11. The van der Waals surface area contributed by atoms with E-state index in [0.717, 1.165) is 6.54 Å². The fraction of sp³-hybridized carbons (Fsp3) is 0.167. The molecule has 2 N–H and O–H groups in total. The highest BCUT2D eigenvalue weighted by atomic mass is 16.3. The Morgan fingerprint density at radius 3 is 3.12 bits per heavy atom. The molecule has 5 nitrogen and oxygen atoms in total. The molecule has 88 valence electrons. The molecule has 0 fully saturated rings. The van der Waals surface area contributed by atoms with E-state index in [0.29, 0.717) is 6.67 Å². The number of nitrogens with zero attached hydrogens (tertiary/aromatic N) is 2.